The van der Waals surface area contributed by atoms with Crippen LogP contribution in [0.3, 0.4) is 0 Å². The average molecular weight is 410 g/mol. The first-order valence-corrected chi connectivity index (χ1v) is 9.60. The van der Waals surface area contributed by atoms with Crippen molar-refractivity contribution < 1.29 is 29.3 Å². The van der Waals surface area contributed by atoms with Crippen LogP contribution in [0, 0.1) is 0 Å². The van der Waals surface area contributed by atoms with Crippen LogP contribution >= 0.6 is 0 Å². The lowest BCUT2D eigenvalue weighted by Gasteiger charge is -2.22. The van der Waals surface area contributed by atoms with Crippen molar-refractivity contribution in [3.8, 4) is 0 Å². The zero-order valence-corrected chi connectivity index (χ0v) is 16.6. The normalized spacial score (nSPS) is 13.5. The SMILES string of the molecule is O=C(C=Cc1ccccc1)C(O)(COCCOCCO)C(=O)C=Cc1ccccc1. The fourth-order valence-electron chi connectivity index (χ4n) is 2.52. The maximum Gasteiger partial charge on any atom is 0.212 e. The second kappa shape index (κ2) is 12.6. The van der Waals surface area contributed by atoms with E-state index in [0.29, 0.717) is 0 Å². The first kappa shape index (κ1) is 23.4. The molecule has 2 N–H and O–H groups in total. The van der Waals surface area contributed by atoms with Crippen LogP contribution < -0.4 is 0 Å². The number of aliphatic hydroxyl groups excluding tert-OH is 1. The minimum absolute atomic E-state index is 0.0632. The third-order valence-corrected chi connectivity index (χ3v) is 4.19. The molecule has 30 heavy (non-hydrogen) atoms. The summed E-state index contributed by atoms with van der Waals surface area (Å²) in [4.78, 5) is 25.4. The van der Waals surface area contributed by atoms with Crippen LogP contribution in [-0.4, -0.2) is 60.4 Å². The first-order valence-electron chi connectivity index (χ1n) is 9.60. The van der Waals surface area contributed by atoms with Crippen molar-refractivity contribution in [2.24, 2.45) is 0 Å². The van der Waals surface area contributed by atoms with Gasteiger partial charge < -0.3 is 19.7 Å². The number of carbonyl (C=O) groups excluding carboxylic acids is 2. The molecule has 0 bridgehead atoms. The molecule has 0 amide bonds. The minimum atomic E-state index is -2.35. The molecular weight excluding hydrogens is 384 g/mol. The molecule has 0 saturated carbocycles. The molecule has 0 radical (unpaired) electrons. The summed E-state index contributed by atoms with van der Waals surface area (Å²) in [6, 6.07) is 18.2. The second-order valence-electron chi connectivity index (χ2n) is 6.47. The van der Waals surface area contributed by atoms with Crippen molar-refractivity contribution in [2.45, 2.75) is 5.60 Å². The Morgan fingerprint density at radius 2 is 1.23 bits per heavy atom. The lowest BCUT2D eigenvalue weighted by atomic mass is 9.92. The topological polar surface area (TPSA) is 93.1 Å². The molecule has 2 aromatic carbocycles. The molecule has 0 spiro atoms. The fourth-order valence-corrected chi connectivity index (χ4v) is 2.52. The summed E-state index contributed by atoms with van der Waals surface area (Å²) < 4.78 is 10.4. The average Bonchev–Trinajstić information content (AvgIpc) is 2.79. The van der Waals surface area contributed by atoms with Crippen LogP contribution in [0.1, 0.15) is 11.1 Å². The van der Waals surface area contributed by atoms with Crippen molar-refractivity contribution >= 4 is 23.7 Å². The quantitative estimate of drug-likeness (QED) is 0.299. The Kier molecular flexibility index (Phi) is 9.83. The molecule has 0 unspecified atom stereocenters. The van der Waals surface area contributed by atoms with Crippen molar-refractivity contribution in [2.75, 3.05) is 33.0 Å². The van der Waals surface area contributed by atoms with E-state index in [1.165, 1.54) is 24.3 Å². The molecule has 6 heteroatoms. The minimum Gasteiger partial charge on any atom is -0.394 e. The number of hydrogen-bond acceptors (Lipinski definition) is 6. The number of aliphatic hydroxyl groups is 2. The lowest BCUT2D eigenvalue weighted by Crippen LogP contribution is -2.49. The van der Waals surface area contributed by atoms with Crippen LogP contribution in [0.15, 0.2) is 72.8 Å². The summed E-state index contributed by atoms with van der Waals surface area (Å²) in [7, 11) is 0. The van der Waals surface area contributed by atoms with Gasteiger partial charge in [0.25, 0.3) is 0 Å². The van der Waals surface area contributed by atoms with Crippen molar-refractivity contribution in [3.05, 3.63) is 83.9 Å². The molecular formula is C24H26O6. The van der Waals surface area contributed by atoms with Crippen molar-refractivity contribution in [1.82, 2.24) is 0 Å². The largest absolute Gasteiger partial charge is 0.394 e. The molecule has 0 fully saturated rings. The highest BCUT2D eigenvalue weighted by atomic mass is 16.5. The van der Waals surface area contributed by atoms with E-state index in [1.807, 2.05) is 36.4 Å². The molecule has 0 aromatic heterocycles. The van der Waals surface area contributed by atoms with Gasteiger partial charge in [-0.3, -0.25) is 9.59 Å². The molecule has 158 valence electrons. The molecule has 0 heterocycles. The Balaban J connectivity index is 2.11. The second-order valence-corrected chi connectivity index (χ2v) is 6.47. The van der Waals surface area contributed by atoms with E-state index in [2.05, 4.69) is 0 Å². The Morgan fingerprint density at radius 1 is 0.767 bits per heavy atom. The molecule has 0 saturated heterocycles. The Labute approximate surface area is 176 Å². The van der Waals surface area contributed by atoms with Gasteiger partial charge >= 0.3 is 0 Å². The Bertz CT molecular complexity index is 781. The van der Waals surface area contributed by atoms with Crippen LogP contribution in [0.2, 0.25) is 0 Å². The smallest absolute Gasteiger partial charge is 0.212 e. The van der Waals surface area contributed by atoms with E-state index in [0.717, 1.165) is 11.1 Å². The van der Waals surface area contributed by atoms with Gasteiger partial charge in [-0.1, -0.05) is 72.8 Å². The van der Waals surface area contributed by atoms with E-state index in [4.69, 9.17) is 14.6 Å². The number of rotatable bonds is 13. The third kappa shape index (κ3) is 7.50. The maximum absolute atomic E-state index is 12.7. The van der Waals surface area contributed by atoms with Gasteiger partial charge in [0.15, 0.2) is 11.6 Å². The highest BCUT2D eigenvalue weighted by molar-refractivity contribution is 6.20. The van der Waals surface area contributed by atoms with E-state index < -0.39 is 23.8 Å². The van der Waals surface area contributed by atoms with Gasteiger partial charge in [0.1, 0.15) is 0 Å². The van der Waals surface area contributed by atoms with Gasteiger partial charge in [-0.15, -0.1) is 0 Å². The molecule has 2 aromatic rings. The van der Waals surface area contributed by atoms with Gasteiger partial charge in [-0.25, -0.2) is 0 Å². The van der Waals surface area contributed by atoms with Gasteiger partial charge in [-0.05, 0) is 23.3 Å². The monoisotopic (exact) mass is 410 g/mol. The highest BCUT2D eigenvalue weighted by Gasteiger charge is 2.41. The fraction of sp³-hybridized carbons (Fsp3) is 0.250. The standard InChI is InChI=1S/C24H26O6/c25-15-16-29-17-18-30-19-24(28,22(26)13-11-20-7-3-1-4-8-20)23(27)14-12-21-9-5-2-6-10-21/h1-14,25,28H,15-19H2. The van der Waals surface area contributed by atoms with E-state index in [9.17, 15) is 14.7 Å². The summed E-state index contributed by atoms with van der Waals surface area (Å²) in [6.45, 7) is -0.238. The van der Waals surface area contributed by atoms with Gasteiger partial charge in [0.05, 0.1) is 33.0 Å². The molecule has 0 aliphatic heterocycles. The van der Waals surface area contributed by atoms with Crippen LogP contribution in [0.4, 0.5) is 0 Å². The predicted molar refractivity (Wildman–Crippen MR) is 115 cm³/mol. The number of carbonyl (C=O) groups is 2. The summed E-state index contributed by atoms with van der Waals surface area (Å²) >= 11 is 0. The van der Waals surface area contributed by atoms with Crippen LogP contribution in [-0.2, 0) is 19.1 Å². The van der Waals surface area contributed by atoms with Gasteiger partial charge in [0.2, 0.25) is 5.60 Å². The molecule has 6 nitrogen and oxygen atoms in total. The molecule has 0 atom stereocenters. The zero-order valence-electron chi connectivity index (χ0n) is 16.6. The van der Waals surface area contributed by atoms with Crippen LogP contribution in [0.5, 0.6) is 0 Å². The Morgan fingerprint density at radius 3 is 1.70 bits per heavy atom. The summed E-state index contributed by atoms with van der Waals surface area (Å²) in [5, 5.41) is 19.6. The maximum atomic E-state index is 12.7. The molecule has 0 aliphatic rings. The highest BCUT2D eigenvalue weighted by Crippen LogP contribution is 2.14. The predicted octanol–water partition coefficient (Wildman–Crippen LogP) is 2.31. The number of hydrogen-bond donors (Lipinski definition) is 2. The molecule has 0 aliphatic carbocycles. The first-order chi connectivity index (χ1) is 14.6. The lowest BCUT2D eigenvalue weighted by molar-refractivity contribution is -0.151. The summed E-state index contributed by atoms with van der Waals surface area (Å²) in [6.07, 6.45) is 5.42. The number of benzene rings is 2. The van der Waals surface area contributed by atoms with Gasteiger partial charge in [-0.2, -0.15) is 0 Å². The van der Waals surface area contributed by atoms with Crippen LogP contribution in [0.25, 0.3) is 12.2 Å². The Hall–Kier alpha value is -2.90. The summed E-state index contributed by atoms with van der Waals surface area (Å²) in [5.74, 6) is -1.55. The zero-order chi connectivity index (χ0) is 21.7. The molecule has 2 rings (SSSR count). The van der Waals surface area contributed by atoms with E-state index in [-0.39, 0.29) is 26.4 Å². The number of ketones is 2. The van der Waals surface area contributed by atoms with E-state index >= 15 is 0 Å². The van der Waals surface area contributed by atoms with Crippen molar-refractivity contribution in [3.63, 3.8) is 0 Å². The van der Waals surface area contributed by atoms with Gasteiger partial charge in [0, 0.05) is 0 Å². The summed E-state index contributed by atoms with van der Waals surface area (Å²) in [5.41, 5.74) is -0.828. The third-order valence-electron chi connectivity index (χ3n) is 4.19. The number of ether oxygens (including phenoxy) is 2. The van der Waals surface area contributed by atoms with E-state index in [1.54, 1.807) is 24.3 Å². The van der Waals surface area contributed by atoms with Crippen molar-refractivity contribution in [1.29, 1.82) is 0 Å².